The lowest BCUT2D eigenvalue weighted by Crippen LogP contribution is -2.32. The third-order valence-electron chi connectivity index (χ3n) is 2.81. The normalized spacial score (nSPS) is 13.1. The zero-order valence-electron chi connectivity index (χ0n) is 11.9. The van der Waals surface area contributed by atoms with Gasteiger partial charge in [-0.15, -0.1) is 0 Å². The molecule has 0 aliphatic heterocycles. The summed E-state index contributed by atoms with van der Waals surface area (Å²) >= 11 is 3.90. The van der Waals surface area contributed by atoms with E-state index >= 15 is 0 Å². The second-order valence-electron chi connectivity index (χ2n) is 5.25. The fourth-order valence-corrected chi connectivity index (χ4v) is 3.69. The van der Waals surface area contributed by atoms with Gasteiger partial charge in [-0.1, -0.05) is 20.8 Å². The van der Waals surface area contributed by atoms with Crippen LogP contribution in [0.25, 0.3) is 0 Å². The summed E-state index contributed by atoms with van der Waals surface area (Å²) in [4.78, 5) is 0. The molecule has 0 aliphatic carbocycles. The number of aryl methyl sites for hydroxylation is 1. The highest BCUT2D eigenvalue weighted by Crippen LogP contribution is 2.14. The van der Waals surface area contributed by atoms with Gasteiger partial charge < -0.3 is 5.32 Å². The monoisotopic (exact) mass is 285 g/mol. The minimum atomic E-state index is 0.675. The maximum Gasteiger partial charge on any atom is 0.0161 e. The predicted molar refractivity (Wildman–Crippen MR) is 86.9 cm³/mol. The van der Waals surface area contributed by atoms with E-state index in [1.54, 1.807) is 11.3 Å². The molecule has 0 saturated heterocycles. The number of thiophene rings is 1. The molecule has 1 nitrogen and oxygen atoms in total. The van der Waals surface area contributed by atoms with E-state index in [1.807, 2.05) is 0 Å². The van der Waals surface area contributed by atoms with Crippen molar-refractivity contribution in [3.8, 4) is 0 Å². The van der Waals surface area contributed by atoms with Crippen LogP contribution in [0.1, 0.15) is 39.2 Å². The van der Waals surface area contributed by atoms with Crippen molar-refractivity contribution in [2.45, 2.75) is 46.1 Å². The van der Waals surface area contributed by atoms with Gasteiger partial charge in [-0.2, -0.15) is 23.1 Å². The number of hydrogen-bond donors (Lipinski definition) is 1. The van der Waals surface area contributed by atoms with E-state index in [0.29, 0.717) is 6.04 Å². The van der Waals surface area contributed by atoms with Crippen LogP contribution >= 0.6 is 23.1 Å². The Bertz CT molecular complexity index is 283. The van der Waals surface area contributed by atoms with Gasteiger partial charge in [0.25, 0.3) is 0 Å². The third kappa shape index (κ3) is 7.45. The van der Waals surface area contributed by atoms with E-state index in [9.17, 15) is 0 Å². The van der Waals surface area contributed by atoms with Gasteiger partial charge in [0.15, 0.2) is 0 Å². The minimum absolute atomic E-state index is 0.675. The maximum atomic E-state index is 3.69. The van der Waals surface area contributed by atoms with Crippen molar-refractivity contribution in [2.24, 2.45) is 5.92 Å². The van der Waals surface area contributed by atoms with E-state index in [2.05, 4.69) is 54.7 Å². The molecule has 1 unspecified atom stereocenters. The van der Waals surface area contributed by atoms with Crippen LogP contribution in [-0.2, 0) is 6.42 Å². The van der Waals surface area contributed by atoms with Crippen molar-refractivity contribution in [3.05, 3.63) is 22.4 Å². The number of nitrogens with one attached hydrogen (secondary N) is 1. The van der Waals surface area contributed by atoms with Gasteiger partial charge in [0.2, 0.25) is 0 Å². The number of thioether (sulfide) groups is 1. The molecular formula is C15H27NS2. The predicted octanol–water partition coefficient (Wildman–Crippen LogP) is 4.44. The standard InChI is InChI=1S/C15H27NS2/c1-4-8-16-15(12-18-10-13(2)3)6-5-14-7-9-17-11-14/h7,9,11,13,15-16H,4-6,8,10,12H2,1-3H3. The summed E-state index contributed by atoms with van der Waals surface area (Å²) in [6, 6.07) is 2.93. The summed E-state index contributed by atoms with van der Waals surface area (Å²) in [5, 5.41) is 8.14. The second-order valence-corrected chi connectivity index (χ2v) is 7.11. The Morgan fingerprint density at radius 1 is 1.33 bits per heavy atom. The molecule has 3 heteroatoms. The van der Waals surface area contributed by atoms with Crippen LogP contribution in [0.3, 0.4) is 0 Å². The highest BCUT2D eigenvalue weighted by Gasteiger charge is 2.09. The van der Waals surface area contributed by atoms with Gasteiger partial charge in [-0.3, -0.25) is 0 Å². The number of hydrogen-bond acceptors (Lipinski definition) is 3. The molecule has 1 heterocycles. The van der Waals surface area contributed by atoms with E-state index in [4.69, 9.17) is 0 Å². The molecule has 0 radical (unpaired) electrons. The molecule has 18 heavy (non-hydrogen) atoms. The van der Waals surface area contributed by atoms with E-state index in [1.165, 1.54) is 36.3 Å². The Morgan fingerprint density at radius 3 is 2.78 bits per heavy atom. The zero-order valence-corrected chi connectivity index (χ0v) is 13.6. The molecule has 1 N–H and O–H groups in total. The van der Waals surface area contributed by atoms with Crippen LogP contribution in [0.4, 0.5) is 0 Å². The first-order valence-electron chi connectivity index (χ1n) is 7.04. The maximum absolute atomic E-state index is 3.69. The molecule has 0 amide bonds. The van der Waals surface area contributed by atoms with Crippen molar-refractivity contribution in [2.75, 3.05) is 18.1 Å². The van der Waals surface area contributed by atoms with Crippen LogP contribution in [-0.4, -0.2) is 24.1 Å². The SMILES string of the molecule is CCCNC(CCc1ccsc1)CSCC(C)C. The first-order valence-corrected chi connectivity index (χ1v) is 9.14. The third-order valence-corrected chi connectivity index (χ3v) is 5.09. The van der Waals surface area contributed by atoms with Crippen LogP contribution in [0.5, 0.6) is 0 Å². The molecule has 1 rings (SSSR count). The van der Waals surface area contributed by atoms with Crippen molar-refractivity contribution >= 4 is 23.1 Å². The summed E-state index contributed by atoms with van der Waals surface area (Å²) in [6.45, 7) is 7.99. The largest absolute Gasteiger partial charge is 0.313 e. The molecule has 0 aliphatic rings. The Labute approximate surface area is 121 Å². The van der Waals surface area contributed by atoms with Crippen molar-refractivity contribution in [3.63, 3.8) is 0 Å². The lowest BCUT2D eigenvalue weighted by Gasteiger charge is -2.18. The minimum Gasteiger partial charge on any atom is -0.313 e. The zero-order chi connectivity index (χ0) is 13.2. The molecular weight excluding hydrogens is 258 g/mol. The van der Waals surface area contributed by atoms with E-state index in [0.717, 1.165) is 12.5 Å². The molecule has 1 atom stereocenters. The van der Waals surface area contributed by atoms with Gasteiger partial charge in [0.1, 0.15) is 0 Å². The first-order chi connectivity index (χ1) is 8.72. The molecule has 1 aromatic rings. The van der Waals surface area contributed by atoms with Crippen LogP contribution in [0, 0.1) is 5.92 Å². The quantitative estimate of drug-likeness (QED) is 0.682. The molecule has 1 aromatic heterocycles. The Morgan fingerprint density at radius 2 is 2.17 bits per heavy atom. The summed E-state index contributed by atoms with van der Waals surface area (Å²) in [5.41, 5.74) is 1.50. The molecule has 0 saturated carbocycles. The second kappa shape index (κ2) is 9.88. The highest BCUT2D eigenvalue weighted by atomic mass is 32.2. The summed E-state index contributed by atoms with van der Waals surface area (Å²) < 4.78 is 0. The van der Waals surface area contributed by atoms with Gasteiger partial charge in [-0.25, -0.2) is 0 Å². The average molecular weight is 286 g/mol. The van der Waals surface area contributed by atoms with E-state index in [-0.39, 0.29) is 0 Å². The lowest BCUT2D eigenvalue weighted by molar-refractivity contribution is 0.520. The van der Waals surface area contributed by atoms with Gasteiger partial charge in [0.05, 0.1) is 0 Å². The first kappa shape index (κ1) is 16.1. The Balaban J connectivity index is 2.25. The molecule has 0 bridgehead atoms. The Kier molecular flexibility index (Phi) is 8.82. The fraction of sp³-hybridized carbons (Fsp3) is 0.733. The van der Waals surface area contributed by atoms with Crippen LogP contribution in [0.2, 0.25) is 0 Å². The molecule has 0 aromatic carbocycles. The summed E-state index contributed by atoms with van der Waals surface area (Å²) in [6.07, 6.45) is 3.71. The van der Waals surface area contributed by atoms with E-state index < -0.39 is 0 Å². The lowest BCUT2D eigenvalue weighted by atomic mass is 10.1. The molecule has 104 valence electrons. The Hall–Kier alpha value is 0.01000. The van der Waals surface area contributed by atoms with Gasteiger partial charge >= 0.3 is 0 Å². The fourth-order valence-electron chi connectivity index (χ4n) is 1.81. The topological polar surface area (TPSA) is 12.0 Å². The summed E-state index contributed by atoms with van der Waals surface area (Å²) in [5.74, 6) is 3.34. The van der Waals surface area contributed by atoms with Crippen molar-refractivity contribution in [1.82, 2.24) is 5.32 Å². The highest BCUT2D eigenvalue weighted by molar-refractivity contribution is 7.99. The molecule has 0 fully saturated rings. The average Bonchev–Trinajstić information content (AvgIpc) is 2.84. The van der Waals surface area contributed by atoms with Crippen molar-refractivity contribution < 1.29 is 0 Å². The van der Waals surface area contributed by atoms with Gasteiger partial charge in [-0.05, 0) is 59.9 Å². The van der Waals surface area contributed by atoms with Crippen LogP contribution in [0.15, 0.2) is 16.8 Å². The van der Waals surface area contributed by atoms with Crippen molar-refractivity contribution in [1.29, 1.82) is 0 Å². The smallest absolute Gasteiger partial charge is 0.0161 e. The number of rotatable bonds is 10. The molecule has 0 spiro atoms. The summed E-state index contributed by atoms with van der Waals surface area (Å²) in [7, 11) is 0. The van der Waals surface area contributed by atoms with Gasteiger partial charge in [0, 0.05) is 11.8 Å². The van der Waals surface area contributed by atoms with Crippen LogP contribution < -0.4 is 5.32 Å².